The van der Waals surface area contributed by atoms with Crippen molar-refractivity contribution in [3.8, 4) is 0 Å². The number of piperazine rings is 1. The average molecular weight is 292 g/mol. The fraction of sp³-hybridized carbons (Fsp3) is 0.643. The van der Waals surface area contributed by atoms with Crippen molar-refractivity contribution in [1.82, 2.24) is 14.9 Å². The number of amidine groups is 1. The summed E-state index contributed by atoms with van der Waals surface area (Å²) in [6.45, 7) is 11.2. The Bertz CT molecular complexity index is 514. The lowest BCUT2D eigenvalue weighted by atomic mass is 10.0. The minimum Gasteiger partial charge on any atom is -0.409 e. The van der Waals surface area contributed by atoms with E-state index < -0.39 is 5.54 Å². The van der Waals surface area contributed by atoms with Gasteiger partial charge in [-0.05, 0) is 27.7 Å². The van der Waals surface area contributed by atoms with Crippen LogP contribution in [0.4, 0.5) is 5.82 Å². The van der Waals surface area contributed by atoms with Gasteiger partial charge in [-0.3, -0.25) is 4.90 Å². The number of rotatable bonds is 3. The van der Waals surface area contributed by atoms with Gasteiger partial charge < -0.3 is 15.8 Å². The molecule has 0 spiro atoms. The highest BCUT2D eigenvalue weighted by Gasteiger charge is 2.34. The van der Waals surface area contributed by atoms with Crippen LogP contribution in [0.25, 0.3) is 0 Å². The Kier molecular flexibility index (Phi) is 4.32. The van der Waals surface area contributed by atoms with E-state index in [1.54, 1.807) is 0 Å². The molecule has 1 aromatic rings. The Balaban J connectivity index is 2.06. The van der Waals surface area contributed by atoms with E-state index in [0.717, 1.165) is 43.5 Å². The van der Waals surface area contributed by atoms with Crippen LogP contribution in [0, 0.1) is 13.8 Å². The Labute approximate surface area is 125 Å². The summed E-state index contributed by atoms with van der Waals surface area (Å²) in [7, 11) is 0. The Hall–Kier alpha value is -1.89. The van der Waals surface area contributed by atoms with Gasteiger partial charge in [0.1, 0.15) is 11.6 Å². The number of aromatic nitrogens is 2. The SMILES string of the molecule is Cc1cc(N2CCN(C(C)(C)C(N)=NO)CC2)nc(C)n1. The number of nitrogens with two attached hydrogens (primary N) is 1. The molecular weight excluding hydrogens is 268 g/mol. The van der Waals surface area contributed by atoms with Gasteiger partial charge in [-0.15, -0.1) is 0 Å². The van der Waals surface area contributed by atoms with Crippen molar-refractivity contribution in [2.75, 3.05) is 31.1 Å². The van der Waals surface area contributed by atoms with Crippen molar-refractivity contribution >= 4 is 11.7 Å². The zero-order valence-corrected chi connectivity index (χ0v) is 13.2. The lowest BCUT2D eigenvalue weighted by Gasteiger charge is -2.43. The summed E-state index contributed by atoms with van der Waals surface area (Å²) in [5.41, 5.74) is 6.33. The van der Waals surface area contributed by atoms with Crippen LogP contribution in [0.15, 0.2) is 11.2 Å². The standard InChI is InChI=1S/C14H24N6O/c1-10-9-12(17-11(2)16-10)19-5-7-20(8-6-19)14(3,4)13(15)18-21/h9,21H,5-8H2,1-4H3,(H2,15,18). The van der Waals surface area contributed by atoms with E-state index >= 15 is 0 Å². The first-order valence-corrected chi connectivity index (χ1v) is 7.15. The molecule has 0 unspecified atom stereocenters. The van der Waals surface area contributed by atoms with Gasteiger partial charge in [-0.1, -0.05) is 5.16 Å². The van der Waals surface area contributed by atoms with Crippen LogP contribution in [0.2, 0.25) is 0 Å². The van der Waals surface area contributed by atoms with Gasteiger partial charge in [-0.2, -0.15) is 0 Å². The summed E-state index contributed by atoms with van der Waals surface area (Å²) in [6.07, 6.45) is 0. The minimum absolute atomic E-state index is 0.240. The maximum Gasteiger partial charge on any atom is 0.159 e. The third-order valence-electron chi connectivity index (χ3n) is 4.08. The number of aryl methyl sites for hydroxylation is 2. The second kappa shape index (κ2) is 5.85. The molecule has 21 heavy (non-hydrogen) atoms. The van der Waals surface area contributed by atoms with Crippen molar-refractivity contribution in [3.63, 3.8) is 0 Å². The molecule has 2 heterocycles. The maximum atomic E-state index is 8.90. The Morgan fingerprint density at radius 3 is 2.38 bits per heavy atom. The van der Waals surface area contributed by atoms with E-state index in [0.29, 0.717) is 0 Å². The molecule has 0 aliphatic carbocycles. The normalized spacial score (nSPS) is 18.1. The van der Waals surface area contributed by atoms with E-state index in [1.807, 2.05) is 33.8 Å². The van der Waals surface area contributed by atoms with Crippen molar-refractivity contribution in [3.05, 3.63) is 17.6 Å². The first-order valence-electron chi connectivity index (χ1n) is 7.15. The van der Waals surface area contributed by atoms with Gasteiger partial charge in [0.25, 0.3) is 0 Å². The smallest absolute Gasteiger partial charge is 0.159 e. The first kappa shape index (κ1) is 15.5. The third kappa shape index (κ3) is 3.24. The number of hydrogen-bond acceptors (Lipinski definition) is 6. The van der Waals surface area contributed by atoms with E-state index in [2.05, 4.69) is 24.9 Å². The van der Waals surface area contributed by atoms with E-state index in [-0.39, 0.29) is 5.84 Å². The molecule has 1 aliphatic heterocycles. The fourth-order valence-electron chi connectivity index (χ4n) is 2.64. The average Bonchev–Trinajstić information content (AvgIpc) is 2.45. The number of hydrogen-bond donors (Lipinski definition) is 2. The zero-order chi connectivity index (χ0) is 15.6. The lowest BCUT2D eigenvalue weighted by Crippen LogP contribution is -2.60. The number of oxime groups is 1. The predicted molar refractivity (Wildman–Crippen MR) is 82.8 cm³/mol. The molecule has 0 radical (unpaired) electrons. The molecule has 1 aliphatic rings. The quantitative estimate of drug-likeness (QED) is 0.369. The molecule has 7 nitrogen and oxygen atoms in total. The summed E-state index contributed by atoms with van der Waals surface area (Å²) in [4.78, 5) is 13.3. The second-order valence-corrected chi connectivity index (χ2v) is 5.93. The van der Waals surface area contributed by atoms with Gasteiger partial charge in [-0.25, -0.2) is 9.97 Å². The third-order valence-corrected chi connectivity index (χ3v) is 4.08. The van der Waals surface area contributed by atoms with Gasteiger partial charge in [0, 0.05) is 37.9 Å². The molecule has 1 saturated heterocycles. The molecule has 1 fully saturated rings. The predicted octanol–water partition coefficient (Wildman–Crippen LogP) is 0.740. The van der Waals surface area contributed by atoms with Crippen molar-refractivity contribution in [2.45, 2.75) is 33.2 Å². The van der Waals surface area contributed by atoms with Crippen molar-refractivity contribution in [1.29, 1.82) is 0 Å². The van der Waals surface area contributed by atoms with Crippen LogP contribution in [-0.4, -0.2) is 57.6 Å². The molecule has 0 aromatic carbocycles. The summed E-state index contributed by atoms with van der Waals surface area (Å²) < 4.78 is 0. The van der Waals surface area contributed by atoms with Gasteiger partial charge >= 0.3 is 0 Å². The van der Waals surface area contributed by atoms with Crippen LogP contribution in [0.3, 0.4) is 0 Å². The number of anilines is 1. The molecule has 116 valence electrons. The Morgan fingerprint density at radius 1 is 1.24 bits per heavy atom. The van der Waals surface area contributed by atoms with Crippen molar-refractivity contribution in [2.24, 2.45) is 10.9 Å². The molecule has 3 N–H and O–H groups in total. The van der Waals surface area contributed by atoms with Gasteiger partial charge in [0.05, 0.1) is 5.54 Å². The van der Waals surface area contributed by atoms with Crippen LogP contribution in [0.1, 0.15) is 25.4 Å². The van der Waals surface area contributed by atoms with Crippen LogP contribution >= 0.6 is 0 Å². The van der Waals surface area contributed by atoms with E-state index in [1.165, 1.54) is 0 Å². The first-order chi connectivity index (χ1) is 9.84. The van der Waals surface area contributed by atoms with E-state index in [9.17, 15) is 0 Å². The molecule has 7 heteroatoms. The summed E-state index contributed by atoms with van der Waals surface area (Å²) in [5.74, 6) is 2.01. The fourth-order valence-corrected chi connectivity index (χ4v) is 2.64. The van der Waals surface area contributed by atoms with Crippen LogP contribution < -0.4 is 10.6 Å². The lowest BCUT2D eigenvalue weighted by molar-refractivity contribution is 0.161. The topological polar surface area (TPSA) is 90.9 Å². The molecule has 0 atom stereocenters. The summed E-state index contributed by atoms with van der Waals surface area (Å²) in [6, 6.07) is 2.01. The molecule has 2 rings (SSSR count). The Morgan fingerprint density at radius 2 is 1.86 bits per heavy atom. The van der Waals surface area contributed by atoms with Gasteiger partial charge in [0.2, 0.25) is 0 Å². The van der Waals surface area contributed by atoms with Crippen LogP contribution in [0.5, 0.6) is 0 Å². The van der Waals surface area contributed by atoms with E-state index in [4.69, 9.17) is 10.9 Å². The van der Waals surface area contributed by atoms with Crippen LogP contribution in [-0.2, 0) is 0 Å². The second-order valence-electron chi connectivity index (χ2n) is 5.93. The molecule has 1 aromatic heterocycles. The molecular formula is C14H24N6O. The summed E-state index contributed by atoms with van der Waals surface area (Å²) in [5, 5.41) is 12.1. The monoisotopic (exact) mass is 292 g/mol. The highest BCUT2D eigenvalue weighted by atomic mass is 16.4. The molecule has 0 bridgehead atoms. The zero-order valence-electron chi connectivity index (χ0n) is 13.2. The number of nitrogens with zero attached hydrogens (tertiary/aromatic N) is 5. The minimum atomic E-state index is -0.446. The molecule has 0 amide bonds. The van der Waals surface area contributed by atoms with Gasteiger partial charge in [0.15, 0.2) is 5.84 Å². The highest BCUT2D eigenvalue weighted by Crippen LogP contribution is 2.20. The van der Waals surface area contributed by atoms with Crippen molar-refractivity contribution < 1.29 is 5.21 Å². The molecule has 0 saturated carbocycles. The largest absolute Gasteiger partial charge is 0.409 e. The highest BCUT2D eigenvalue weighted by molar-refractivity contribution is 5.88. The maximum absolute atomic E-state index is 8.90. The summed E-state index contributed by atoms with van der Waals surface area (Å²) >= 11 is 0.